The minimum Gasteiger partial charge on any atom is -0.465 e. The van der Waals surface area contributed by atoms with E-state index in [0.29, 0.717) is 10.2 Å². The molecule has 4 aromatic rings. The van der Waals surface area contributed by atoms with E-state index in [4.69, 9.17) is 4.74 Å². The predicted octanol–water partition coefficient (Wildman–Crippen LogP) is 4.43. The molecule has 0 aliphatic rings. The topological polar surface area (TPSA) is 104 Å². The van der Waals surface area contributed by atoms with Gasteiger partial charge in [-0.05, 0) is 24.1 Å². The van der Waals surface area contributed by atoms with Crippen LogP contribution in [0.2, 0.25) is 0 Å². The molecule has 172 valence electrons. The number of nitro groups is 1. The van der Waals surface area contributed by atoms with Crippen molar-refractivity contribution in [3.8, 4) is 0 Å². The van der Waals surface area contributed by atoms with Gasteiger partial charge < -0.3 is 9.30 Å². The third-order valence-electron chi connectivity index (χ3n) is 5.19. The van der Waals surface area contributed by atoms with E-state index in [1.54, 1.807) is 13.0 Å². The zero-order valence-electron chi connectivity index (χ0n) is 18.3. The Morgan fingerprint density at radius 1 is 1.03 bits per heavy atom. The summed E-state index contributed by atoms with van der Waals surface area (Å²) in [5.41, 5.74) is 1.90. The molecule has 0 aliphatic carbocycles. The van der Waals surface area contributed by atoms with Gasteiger partial charge in [0, 0.05) is 12.1 Å². The highest BCUT2D eigenvalue weighted by molar-refractivity contribution is 7.16. The van der Waals surface area contributed by atoms with Crippen molar-refractivity contribution >= 4 is 39.1 Å². The zero-order chi connectivity index (χ0) is 24.1. The van der Waals surface area contributed by atoms with Gasteiger partial charge in [0.2, 0.25) is 0 Å². The number of hydrogen-bond donors (Lipinski definition) is 0. The van der Waals surface area contributed by atoms with Crippen LogP contribution in [0, 0.1) is 10.1 Å². The summed E-state index contributed by atoms with van der Waals surface area (Å²) < 4.78 is 7.23. The van der Waals surface area contributed by atoms with Gasteiger partial charge in [0.15, 0.2) is 4.80 Å². The zero-order valence-corrected chi connectivity index (χ0v) is 19.1. The molecule has 1 heterocycles. The Kier molecular flexibility index (Phi) is 6.93. The summed E-state index contributed by atoms with van der Waals surface area (Å²) in [4.78, 5) is 41.3. The molecule has 0 unspecified atom stereocenters. The van der Waals surface area contributed by atoms with Gasteiger partial charge >= 0.3 is 5.97 Å². The van der Waals surface area contributed by atoms with Gasteiger partial charge in [-0.3, -0.25) is 19.7 Å². The highest BCUT2D eigenvalue weighted by Crippen LogP contribution is 2.27. The summed E-state index contributed by atoms with van der Waals surface area (Å²) in [6, 6.07) is 23.0. The first kappa shape index (κ1) is 23.1. The molecule has 1 amide bonds. The number of carbonyl (C=O) groups is 2. The highest BCUT2D eigenvalue weighted by Gasteiger charge is 2.23. The monoisotopic (exact) mass is 475 g/mol. The van der Waals surface area contributed by atoms with Crippen LogP contribution in [0.3, 0.4) is 0 Å². The first-order valence-electron chi connectivity index (χ1n) is 10.6. The number of esters is 1. The number of aromatic nitrogens is 1. The number of fused-ring (bicyclic) bond motifs is 1. The van der Waals surface area contributed by atoms with Crippen LogP contribution in [0.25, 0.3) is 10.2 Å². The molecule has 0 spiro atoms. The van der Waals surface area contributed by atoms with Gasteiger partial charge in [-0.15, -0.1) is 0 Å². The Balaban J connectivity index is 1.87. The third-order valence-corrected chi connectivity index (χ3v) is 6.25. The number of hydrogen-bond acceptors (Lipinski definition) is 6. The normalized spacial score (nSPS) is 11.6. The lowest BCUT2D eigenvalue weighted by molar-refractivity contribution is -0.384. The molecular weight excluding hydrogens is 454 g/mol. The summed E-state index contributed by atoms with van der Waals surface area (Å²) in [6.07, 6.45) is 0. The van der Waals surface area contributed by atoms with Crippen LogP contribution in [-0.4, -0.2) is 28.0 Å². The van der Waals surface area contributed by atoms with Gasteiger partial charge in [-0.1, -0.05) is 72.0 Å². The van der Waals surface area contributed by atoms with Crippen molar-refractivity contribution in [2.45, 2.75) is 19.4 Å². The number of thiazole rings is 1. The number of amides is 1. The summed E-state index contributed by atoms with van der Waals surface area (Å²) in [6.45, 7) is 1.66. The summed E-state index contributed by atoms with van der Waals surface area (Å²) >= 11 is 1.19. The van der Waals surface area contributed by atoms with E-state index < -0.39 is 22.7 Å². The Hall–Kier alpha value is -4.11. The quantitative estimate of drug-likeness (QED) is 0.223. The summed E-state index contributed by atoms with van der Waals surface area (Å²) in [7, 11) is 0. The maximum absolute atomic E-state index is 13.5. The van der Waals surface area contributed by atoms with Crippen molar-refractivity contribution in [3.63, 3.8) is 0 Å². The smallest absolute Gasteiger partial charge is 0.326 e. The van der Waals surface area contributed by atoms with Gasteiger partial charge in [0.1, 0.15) is 6.54 Å². The Labute approximate surface area is 198 Å². The number of nitro benzene ring substituents is 1. The van der Waals surface area contributed by atoms with E-state index in [2.05, 4.69) is 4.99 Å². The van der Waals surface area contributed by atoms with E-state index >= 15 is 0 Å². The van der Waals surface area contributed by atoms with Crippen molar-refractivity contribution in [2.75, 3.05) is 6.61 Å². The van der Waals surface area contributed by atoms with Crippen LogP contribution in [0.15, 0.2) is 83.9 Å². The van der Waals surface area contributed by atoms with E-state index in [1.807, 2.05) is 60.7 Å². The van der Waals surface area contributed by atoms with Gasteiger partial charge in [0.05, 0.1) is 27.7 Å². The van der Waals surface area contributed by atoms with Crippen LogP contribution in [0.1, 0.15) is 24.0 Å². The molecule has 1 aromatic heterocycles. The van der Waals surface area contributed by atoms with E-state index in [-0.39, 0.29) is 23.6 Å². The molecule has 0 atom stereocenters. The van der Waals surface area contributed by atoms with Crippen LogP contribution < -0.4 is 4.80 Å². The number of non-ortho nitro benzene ring substituents is 1. The van der Waals surface area contributed by atoms with Crippen LogP contribution in [0.4, 0.5) is 5.69 Å². The van der Waals surface area contributed by atoms with E-state index in [0.717, 1.165) is 11.1 Å². The minimum atomic E-state index is -0.641. The molecule has 0 fully saturated rings. The Morgan fingerprint density at radius 3 is 2.21 bits per heavy atom. The molecule has 4 rings (SSSR count). The second-order valence-corrected chi connectivity index (χ2v) is 8.40. The number of ether oxygens (including phenoxy) is 1. The van der Waals surface area contributed by atoms with E-state index in [1.165, 1.54) is 28.0 Å². The summed E-state index contributed by atoms with van der Waals surface area (Å²) in [5.74, 6) is -1.57. The second kappa shape index (κ2) is 10.2. The second-order valence-electron chi connectivity index (χ2n) is 7.39. The van der Waals surface area contributed by atoms with Crippen molar-refractivity contribution < 1.29 is 19.2 Å². The van der Waals surface area contributed by atoms with Crippen molar-refractivity contribution in [2.24, 2.45) is 4.99 Å². The highest BCUT2D eigenvalue weighted by atomic mass is 32.1. The molecule has 34 heavy (non-hydrogen) atoms. The fourth-order valence-electron chi connectivity index (χ4n) is 3.67. The fourth-order valence-corrected chi connectivity index (χ4v) is 4.69. The molecule has 0 saturated carbocycles. The lowest BCUT2D eigenvalue weighted by Gasteiger charge is -2.14. The Bertz CT molecular complexity index is 1370. The summed E-state index contributed by atoms with van der Waals surface area (Å²) in [5, 5.41) is 11.3. The first-order valence-corrected chi connectivity index (χ1v) is 11.4. The lowest BCUT2D eigenvalue weighted by Crippen LogP contribution is -2.24. The third kappa shape index (κ3) is 4.94. The van der Waals surface area contributed by atoms with Gasteiger partial charge in [-0.2, -0.15) is 4.99 Å². The van der Waals surface area contributed by atoms with Crippen molar-refractivity contribution in [3.05, 3.63) is 105 Å². The SMILES string of the molecule is CCOC(=O)Cn1c(=NC(=O)C(c2ccccc2)c2ccccc2)sc2ccc([N+](=O)[O-])cc21. The minimum absolute atomic E-state index is 0.118. The average Bonchev–Trinajstić information content (AvgIpc) is 3.16. The van der Waals surface area contributed by atoms with Crippen LogP contribution in [0.5, 0.6) is 0 Å². The lowest BCUT2D eigenvalue weighted by atomic mass is 9.91. The number of nitrogens with zero attached hydrogens (tertiary/aromatic N) is 3. The molecule has 8 nitrogen and oxygen atoms in total. The molecule has 0 N–H and O–H groups in total. The molecular formula is C25H21N3O5S. The Morgan fingerprint density at radius 2 is 1.65 bits per heavy atom. The van der Waals surface area contributed by atoms with Crippen molar-refractivity contribution in [1.82, 2.24) is 4.57 Å². The number of benzene rings is 3. The molecule has 0 bridgehead atoms. The predicted molar refractivity (Wildman–Crippen MR) is 128 cm³/mol. The standard InChI is InChI=1S/C25H21N3O5S/c1-2-33-22(29)16-27-20-15-19(28(31)32)13-14-21(20)34-25(27)26-24(30)23(17-9-5-3-6-10-17)18-11-7-4-8-12-18/h3-15,23H,2,16H2,1H3. The van der Waals surface area contributed by atoms with Gasteiger partial charge in [-0.25, -0.2) is 0 Å². The van der Waals surface area contributed by atoms with Gasteiger partial charge in [0.25, 0.3) is 11.6 Å². The molecule has 0 aliphatic heterocycles. The maximum atomic E-state index is 13.5. The largest absolute Gasteiger partial charge is 0.465 e. The first-order chi connectivity index (χ1) is 16.5. The molecule has 3 aromatic carbocycles. The van der Waals surface area contributed by atoms with Crippen LogP contribution in [-0.2, 0) is 20.9 Å². The average molecular weight is 476 g/mol. The fraction of sp³-hybridized carbons (Fsp3) is 0.160. The number of carbonyl (C=O) groups excluding carboxylic acids is 2. The number of rotatable bonds is 7. The van der Waals surface area contributed by atoms with E-state index in [9.17, 15) is 19.7 Å². The maximum Gasteiger partial charge on any atom is 0.326 e. The van der Waals surface area contributed by atoms with Crippen molar-refractivity contribution in [1.29, 1.82) is 0 Å². The molecule has 9 heteroatoms. The van der Waals surface area contributed by atoms with Crippen LogP contribution >= 0.6 is 11.3 Å². The molecule has 0 saturated heterocycles. The molecule has 0 radical (unpaired) electrons.